The van der Waals surface area contributed by atoms with Crippen LogP contribution in [-0.2, 0) is 4.74 Å². The largest absolute Gasteiger partial charge is 0.380 e. The van der Waals surface area contributed by atoms with E-state index >= 15 is 0 Å². The molecule has 1 heterocycles. The second kappa shape index (κ2) is 8.14. The predicted molar refractivity (Wildman–Crippen MR) is 126 cm³/mol. The molecule has 0 spiro atoms. The van der Waals surface area contributed by atoms with Crippen molar-refractivity contribution in [2.45, 2.75) is 114 Å². The zero-order valence-electron chi connectivity index (χ0n) is 21.4. The molecule has 1 saturated heterocycles. The van der Waals surface area contributed by atoms with Gasteiger partial charge in [-0.25, -0.2) is 0 Å². The average Bonchev–Trinajstić information content (AvgIpc) is 3.09. The van der Waals surface area contributed by atoms with E-state index in [0.717, 1.165) is 42.8 Å². The molecule has 5 atom stereocenters. The number of rotatable bonds is 6. The first-order valence-corrected chi connectivity index (χ1v) is 12.8. The van der Waals surface area contributed by atoms with Crippen molar-refractivity contribution in [2.24, 2.45) is 51.2 Å². The molecule has 1 nitrogen and oxygen atoms in total. The van der Waals surface area contributed by atoms with Crippen LogP contribution in [0.4, 0.5) is 0 Å². The van der Waals surface area contributed by atoms with Crippen molar-refractivity contribution < 1.29 is 4.74 Å². The fourth-order valence-corrected chi connectivity index (χ4v) is 8.27. The van der Waals surface area contributed by atoms with Crippen molar-refractivity contribution in [3.05, 3.63) is 0 Å². The first-order valence-electron chi connectivity index (χ1n) is 12.8. The minimum absolute atomic E-state index is 0.435. The van der Waals surface area contributed by atoms with Crippen LogP contribution in [-0.4, -0.2) is 13.2 Å². The van der Waals surface area contributed by atoms with Crippen LogP contribution in [0.3, 0.4) is 0 Å². The highest BCUT2D eigenvalue weighted by Gasteiger charge is 2.49. The molecule has 0 aromatic carbocycles. The van der Waals surface area contributed by atoms with Crippen LogP contribution < -0.4 is 0 Å². The van der Waals surface area contributed by atoms with Gasteiger partial charge in [-0.15, -0.1) is 0 Å². The third kappa shape index (κ3) is 6.02. The smallest absolute Gasteiger partial charge is 0.0542 e. The topological polar surface area (TPSA) is 9.23 Å². The third-order valence-electron chi connectivity index (χ3n) is 8.55. The van der Waals surface area contributed by atoms with Crippen LogP contribution in [0.2, 0.25) is 0 Å². The molecule has 29 heavy (non-hydrogen) atoms. The van der Waals surface area contributed by atoms with Crippen LogP contribution in [0.25, 0.3) is 0 Å². The highest BCUT2D eigenvalue weighted by atomic mass is 16.5. The lowest BCUT2D eigenvalue weighted by Crippen LogP contribution is -2.43. The Balaban J connectivity index is 1.66. The van der Waals surface area contributed by atoms with Crippen molar-refractivity contribution in [1.82, 2.24) is 0 Å². The van der Waals surface area contributed by atoms with E-state index in [4.69, 9.17) is 4.74 Å². The zero-order chi connectivity index (χ0) is 21.7. The van der Waals surface area contributed by atoms with Gasteiger partial charge >= 0.3 is 0 Å². The van der Waals surface area contributed by atoms with Crippen LogP contribution in [0.15, 0.2) is 0 Å². The summed E-state index contributed by atoms with van der Waals surface area (Å²) in [6.07, 6.45) is 11.6. The molecule has 3 rings (SSSR count). The van der Waals surface area contributed by atoms with Gasteiger partial charge in [0.25, 0.3) is 0 Å². The first kappa shape index (κ1) is 23.6. The van der Waals surface area contributed by atoms with Gasteiger partial charge in [-0.1, -0.05) is 68.7 Å². The fraction of sp³-hybridized carbons (Fsp3) is 1.00. The fourth-order valence-electron chi connectivity index (χ4n) is 8.27. The van der Waals surface area contributed by atoms with E-state index in [2.05, 4.69) is 62.3 Å². The molecule has 3 aliphatic rings. The number of hydrogen-bond donors (Lipinski definition) is 0. The van der Waals surface area contributed by atoms with Crippen molar-refractivity contribution >= 4 is 0 Å². The SMILES string of the molecule is CC(C)(C)CC1CCC(C2CCC(CC(C)(C)CC3(C)COC3)C2C(C)(C)C)C1. The van der Waals surface area contributed by atoms with E-state index in [1.165, 1.54) is 51.4 Å². The molecule has 1 aliphatic heterocycles. The van der Waals surface area contributed by atoms with Gasteiger partial charge in [0.05, 0.1) is 13.2 Å². The molecule has 0 N–H and O–H groups in total. The summed E-state index contributed by atoms with van der Waals surface area (Å²) >= 11 is 0. The summed E-state index contributed by atoms with van der Waals surface area (Å²) in [5, 5.41) is 0. The molecular weight excluding hydrogens is 352 g/mol. The van der Waals surface area contributed by atoms with Gasteiger partial charge in [-0.3, -0.25) is 0 Å². The van der Waals surface area contributed by atoms with Gasteiger partial charge in [0.1, 0.15) is 0 Å². The Kier molecular flexibility index (Phi) is 6.63. The lowest BCUT2D eigenvalue weighted by Gasteiger charge is -2.46. The van der Waals surface area contributed by atoms with Crippen LogP contribution >= 0.6 is 0 Å². The monoisotopic (exact) mass is 404 g/mol. The number of hydrogen-bond acceptors (Lipinski definition) is 1. The third-order valence-corrected chi connectivity index (χ3v) is 8.55. The van der Waals surface area contributed by atoms with Gasteiger partial charge in [-0.05, 0) is 90.8 Å². The average molecular weight is 405 g/mol. The van der Waals surface area contributed by atoms with Crippen LogP contribution in [0, 0.1) is 51.2 Å². The lowest BCUT2D eigenvalue weighted by molar-refractivity contribution is -0.123. The molecule has 0 aromatic rings. The molecule has 3 fully saturated rings. The maximum absolute atomic E-state index is 5.56. The normalized spacial score (nSPS) is 35.7. The molecule has 2 saturated carbocycles. The molecule has 0 bridgehead atoms. The Morgan fingerprint density at radius 1 is 0.828 bits per heavy atom. The molecular formula is C28H52O. The highest BCUT2D eigenvalue weighted by molar-refractivity contribution is 4.99. The van der Waals surface area contributed by atoms with E-state index < -0.39 is 0 Å². The van der Waals surface area contributed by atoms with Crippen molar-refractivity contribution in [2.75, 3.05) is 13.2 Å². The summed E-state index contributed by atoms with van der Waals surface area (Å²) in [6, 6.07) is 0. The van der Waals surface area contributed by atoms with Gasteiger partial charge in [0.15, 0.2) is 0 Å². The highest BCUT2D eigenvalue weighted by Crippen LogP contribution is 2.57. The summed E-state index contributed by atoms with van der Waals surface area (Å²) in [6.45, 7) is 24.4. The van der Waals surface area contributed by atoms with Gasteiger partial charge in [-0.2, -0.15) is 0 Å². The molecule has 0 amide bonds. The minimum atomic E-state index is 0.435. The molecule has 5 unspecified atom stereocenters. The van der Waals surface area contributed by atoms with Gasteiger partial charge in [0, 0.05) is 5.41 Å². The van der Waals surface area contributed by atoms with E-state index in [-0.39, 0.29) is 0 Å². The maximum Gasteiger partial charge on any atom is 0.0542 e. The molecule has 170 valence electrons. The zero-order valence-corrected chi connectivity index (χ0v) is 21.4. The summed E-state index contributed by atoms with van der Waals surface area (Å²) in [5.41, 5.74) is 1.80. The Morgan fingerprint density at radius 2 is 1.48 bits per heavy atom. The van der Waals surface area contributed by atoms with Gasteiger partial charge in [0.2, 0.25) is 0 Å². The molecule has 2 aliphatic carbocycles. The standard InChI is InChI=1S/C28H52O/c1-25(2,3)15-20-10-11-21(14-20)23-13-12-22(24(23)26(4,5)6)16-27(7,8)17-28(9)18-29-19-28/h20-24H,10-19H2,1-9H3. The first-order chi connectivity index (χ1) is 13.2. The van der Waals surface area contributed by atoms with E-state index in [0.29, 0.717) is 21.7 Å². The van der Waals surface area contributed by atoms with Crippen molar-refractivity contribution in [3.8, 4) is 0 Å². The minimum Gasteiger partial charge on any atom is -0.380 e. The molecule has 0 aromatic heterocycles. The molecule has 0 radical (unpaired) electrons. The van der Waals surface area contributed by atoms with E-state index in [1.54, 1.807) is 0 Å². The quantitative estimate of drug-likeness (QED) is 0.432. The Labute approximate surface area is 183 Å². The second-order valence-corrected chi connectivity index (χ2v) is 14.9. The van der Waals surface area contributed by atoms with E-state index in [9.17, 15) is 0 Å². The summed E-state index contributed by atoms with van der Waals surface area (Å²) in [5.74, 6) is 4.78. The summed E-state index contributed by atoms with van der Waals surface area (Å²) < 4.78 is 5.56. The summed E-state index contributed by atoms with van der Waals surface area (Å²) in [7, 11) is 0. The summed E-state index contributed by atoms with van der Waals surface area (Å²) in [4.78, 5) is 0. The Morgan fingerprint density at radius 3 is 2.00 bits per heavy atom. The Hall–Kier alpha value is -0.0400. The van der Waals surface area contributed by atoms with E-state index in [1.807, 2.05) is 0 Å². The van der Waals surface area contributed by atoms with Crippen molar-refractivity contribution in [1.29, 1.82) is 0 Å². The van der Waals surface area contributed by atoms with Crippen LogP contribution in [0.5, 0.6) is 0 Å². The number of ether oxygens (including phenoxy) is 1. The van der Waals surface area contributed by atoms with Crippen LogP contribution in [0.1, 0.15) is 114 Å². The molecule has 1 heteroatoms. The second-order valence-electron chi connectivity index (χ2n) is 14.9. The maximum atomic E-state index is 5.56. The van der Waals surface area contributed by atoms with Gasteiger partial charge < -0.3 is 4.74 Å². The lowest BCUT2D eigenvalue weighted by atomic mass is 9.62. The van der Waals surface area contributed by atoms with Crippen molar-refractivity contribution in [3.63, 3.8) is 0 Å². The Bertz CT molecular complexity index is 542. The predicted octanol–water partition coefficient (Wildman–Crippen LogP) is 8.37.